The minimum Gasteiger partial charge on any atom is -0.462 e. The van der Waals surface area contributed by atoms with Gasteiger partial charge in [-0.15, -0.1) is 0 Å². The van der Waals surface area contributed by atoms with E-state index in [1.807, 2.05) is 0 Å². The molecular formula is C23H23BClN3O5S. The van der Waals surface area contributed by atoms with Crippen LogP contribution in [0, 0.1) is 0 Å². The largest absolute Gasteiger partial charge is 0.488 e. The Bertz CT molecular complexity index is 1190. The van der Waals surface area contributed by atoms with Crippen molar-refractivity contribution in [3.05, 3.63) is 69.6 Å². The number of nitrogens with zero attached hydrogens (tertiary/aromatic N) is 2. The monoisotopic (exact) mass is 499 g/mol. The van der Waals surface area contributed by atoms with E-state index >= 15 is 0 Å². The summed E-state index contributed by atoms with van der Waals surface area (Å²) < 4.78 is 5.13. The Hall–Kier alpha value is -3.18. The van der Waals surface area contributed by atoms with E-state index in [1.165, 1.54) is 18.2 Å². The van der Waals surface area contributed by atoms with Crippen LogP contribution in [0.2, 0.25) is 5.02 Å². The van der Waals surface area contributed by atoms with Crippen molar-refractivity contribution >= 4 is 70.0 Å². The van der Waals surface area contributed by atoms with Gasteiger partial charge in [0.15, 0.2) is 10.9 Å². The van der Waals surface area contributed by atoms with Crippen LogP contribution in [0.5, 0.6) is 0 Å². The molecule has 0 unspecified atom stereocenters. The van der Waals surface area contributed by atoms with Gasteiger partial charge in [-0.25, -0.2) is 9.78 Å². The molecule has 3 rings (SSSR count). The molecule has 1 heterocycles. The molecule has 2 aromatic carbocycles. The summed E-state index contributed by atoms with van der Waals surface area (Å²) in [5, 5.41) is 22.8. The minimum absolute atomic E-state index is 0.103. The first-order valence-electron chi connectivity index (χ1n) is 10.3. The van der Waals surface area contributed by atoms with Crippen LogP contribution >= 0.6 is 22.9 Å². The molecule has 0 fully saturated rings. The smallest absolute Gasteiger partial charge is 0.462 e. The van der Waals surface area contributed by atoms with Gasteiger partial charge in [0.2, 0.25) is 5.78 Å². The lowest BCUT2D eigenvalue weighted by molar-refractivity contribution is -0.137. The van der Waals surface area contributed by atoms with Crippen molar-refractivity contribution in [2.24, 2.45) is 0 Å². The first kappa shape index (κ1) is 25.4. The Morgan fingerprint density at radius 2 is 1.79 bits per heavy atom. The van der Waals surface area contributed by atoms with Crippen LogP contribution in [0.15, 0.2) is 54.1 Å². The molecule has 0 aliphatic rings. The molecule has 1 aromatic heterocycles. The molecule has 0 aliphatic carbocycles. The number of halogens is 1. The highest BCUT2D eigenvalue weighted by molar-refractivity contribution is 7.18. The fraction of sp³-hybridized carbons (Fsp3) is 0.174. The third-order valence-corrected chi connectivity index (χ3v) is 5.83. The maximum atomic E-state index is 13.5. The zero-order valence-electron chi connectivity index (χ0n) is 18.8. The topological polar surface area (TPSA) is 112 Å². The molecule has 0 bridgehead atoms. The Balaban J connectivity index is 1.99. The number of esters is 1. The van der Waals surface area contributed by atoms with Crippen LogP contribution in [0.4, 0.5) is 16.6 Å². The minimum atomic E-state index is -1.62. The average Bonchev–Trinajstić information content (AvgIpc) is 3.23. The van der Waals surface area contributed by atoms with Gasteiger partial charge in [0.25, 0.3) is 0 Å². The van der Waals surface area contributed by atoms with E-state index in [0.717, 1.165) is 17.0 Å². The molecule has 0 saturated heterocycles. The number of aromatic nitrogens is 1. The number of ketones is 1. The standard InChI is InChI=1S/C23H23BClN3O5S/c1-4-33-22(30)18(13-14-5-7-15(8-6-14)24(31)32)19(29)20-21(28(2)3)27-23(34-20)26-17-11-9-16(25)10-12-17/h5-13,31-32H,4H2,1-3H3,(H,26,27)/b18-13-. The number of nitrogens with one attached hydrogen (secondary N) is 1. The average molecular weight is 500 g/mol. The summed E-state index contributed by atoms with van der Waals surface area (Å²) in [6, 6.07) is 13.2. The number of hydrogen-bond acceptors (Lipinski definition) is 9. The number of benzene rings is 2. The van der Waals surface area contributed by atoms with Crippen LogP contribution in [0.1, 0.15) is 22.2 Å². The van der Waals surface area contributed by atoms with Gasteiger partial charge in [0.05, 0.1) is 6.61 Å². The van der Waals surface area contributed by atoms with Crippen LogP contribution in [-0.4, -0.2) is 54.6 Å². The third kappa shape index (κ3) is 6.24. The predicted octanol–water partition coefficient (Wildman–Crippen LogP) is 3.12. The quantitative estimate of drug-likeness (QED) is 0.103. The second kappa shape index (κ2) is 11.3. The van der Waals surface area contributed by atoms with Crippen molar-refractivity contribution < 1.29 is 24.4 Å². The lowest BCUT2D eigenvalue weighted by Gasteiger charge is -2.11. The maximum absolute atomic E-state index is 13.5. The molecule has 0 saturated carbocycles. The number of rotatable bonds is 9. The first-order chi connectivity index (χ1) is 16.2. The molecular weight excluding hydrogens is 477 g/mol. The third-order valence-electron chi connectivity index (χ3n) is 4.62. The normalized spacial score (nSPS) is 11.2. The summed E-state index contributed by atoms with van der Waals surface area (Å²) in [6.45, 7) is 1.76. The number of hydrogen-bond donors (Lipinski definition) is 3. The molecule has 8 nitrogen and oxygen atoms in total. The lowest BCUT2D eigenvalue weighted by Crippen LogP contribution is -2.29. The first-order valence-corrected chi connectivity index (χ1v) is 11.5. The number of Topliss-reactive ketones (excluding diaryl/α,β-unsaturated/α-hetero) is 1. The van der Waals surface area contributed by atoms with Gasteiger partial charge in [0.1, 0.15) is 10.5 Å². The van der Waals surface area contributed by atoms with Crippen LogP contribution in [-0.2, 0) is 9.53 Å². The van der Waals surface area contributed by atoms with E-state index < -0.39 is 18.9 Å². The second-order valence-electron chi connectivity index (χ2n) is 7.35. The Morgan fingerprint density at radius 1 is 1.15 bits per heavy atom. The zero-order chi connectivity index (χ0) is 24.8. The number of thiazole rings is 1. The highest BCUT2D eigenvalue weighted by Crippen LogP contribution is 2.33. The van der Waals surface area contributed by atoms with Gasteiger partial charge in [-0.05, 0) is 48.3 Å². The number of anilines is 3. The molecule has 34 heavy (non-hydrogen) atoms. The fourth-order valence-electron chi connectivity index (χ4n) is 2.95. The highest BCUT2D eigenvalue weighted by atomic mass is 35.5. The summed E-state index contributed by atoms with van der Waals surface area (Å²) in [5.74, 6) is -0.889. The summed E-state index contributed by atoms with van der Waals surface area (Å²) in [6.07, 6.45) is 1.42. The molecule has 0 atom stereocenters. The van der Waals surface area contributed by atoms with E-state index in [1.54, 1.807) is 62.3 Å². The predicted molar refractivity (Wildman–Crippen MR) is 136 cm³/mol. The summed E-state index contributed by atoms with van der Waals surface area (Å²) in [7, 11) is 1.89. The fourth-order valence-corrected chi connectivity index (χ4v) is 4.10. The Labute approximate surface area is 206 Å². The Morgan fingerprint density at radius 3 is 2.35 bits per heavy atom. The summed E-state index contributed by atoms with van der Waals surface area (Å²) in [4.78, 5) is 32.7. The van der Waals surface area contributed by atoms with E-state index in [0.29, 0.717) is 21.5 Å². The van der Waals surface area contributed by atoms with Crippen LogP contribution in [0.3, 0.4) is 0 Å². The van der Waals surface area contributed by atoms with Gasteiger partial charge in [-0.3, -0.25) is 4.79 Å². The molecule has 3 aromatic rings. The summed E-state index contributed by atoms with van der Waals surface area (Å²) >= 11 is 7.06. The van der Waals surface area contributed by atoms with Gasteiger partial charge in [-0.2, -0.15) is 0 Å². The van der Waals surface area contributed by atoms with E-state index in [9.17, 15) is 19.6 Å². The van der Waals surface area contributed by atoms with Crippen molar-refractivity contribution in [2.45, 2.75) is 6.92 Å². The zero-order valence-corrected chi connectivity index (χ0v) is 20.4. The molecule has 0 aliphatic heterocycles. The van der Waals surface area contributed by atoms with E-state index in [-0.39, 0.29) is 22.5 Å². The summed E-state index contributed by atoms with van der Waals surface area (Å²) in [5.41, 5.74) is 1.39. The van der Waals surface area contributed by atoms with Crippen molar-refractivity contribution in [3.8, 4) is 0 Å². The Kier molecular flexibility index (Phi) is 8.46. The van der Waals surface area contributed by atoms with Crippen molar-refractivity contribution in [1.82, 2.24) is 4.98 Å². The molecule has 176 valence electrons. The van der Waals surface area contributed by atoms with Crippen LogP contribution < -0.4 is 15.7 Å². The van der Waals surface area contributed by atoms with E-state index in [2.05, 4.69) is 10.3 Å². The maximum Gasteiger partial charge on any atom is 0.488 e. The van der Waals surface area contributed by atoms with Gasteiger partial charge in [0, 0.05) is 24.8 Å². The second-order valence-corrected chi connectivity index (χ2v) is 8.78. The SMILES string of the molecule is CCOC(=O)/C(=C\c1ccc(B(O)O)cc1)C(=O)c1sc(Nc2ccc(Cl)cc2)nc1N(C)C. The lowest BCUT2D eigenvalue weighted by atomic mass is 9.80. The van der Waals surface area contributed by atoms with Gasteiger partial charge < -0.3 is 25.0 Å². The molecule has 3 N–H and O–H groups in total. The number of carbonyl (C=O) groups is 2. The van der Waals surface area contributed by atoms with Gasteiger partial charge in [-0.1, -0.05) is 47.2 Å². The number of ether oxygens (including phenoxy) is 1. The molecule has 0 spiro atoms. The number of carbonyl (C=O) groups excluding carboxylic acids is 2. The van der Waals surface area contributed by atoms with E-state index in [4.69, 9.17) is 16.3 Å². The molecule has 0 radical (unpaired) electrons. The van der Waals surface area contributed by atoms with Crippen LogP contribution in [0.25, 0.3) is 6.08 Å². The van der Waals surface area contributed by atoms with Crippen molar-refractivity contribution in [2.75, 3.05) is 30.9 Å². The van der Waals surface area contributed by atoms with Crippen molar-refractivity contribution in [3.63, 3.8) is 0 Å². The van der Waals surface area contributed by atoms with Gasteiger partial charge >= 0.3 is 13.1 Å². The molecule has 0 amide bonds. The van der Waals surface area contributed by atoms with Crippen molar-refractivity contribution in [1.29, 1.82) is 0 Å². The molecule has 11 heteroatoms. The highest BCUT2D eigenvalue weighted by Gasteiger charge is 2.28.